The summed E-state index contributed by atoms with van der Waals surface area (Å²) in [5.41, 5.74) is 0.919. The van der Waals surface area contributed by atoms with Crippen molar-refractivity contribution in [1.29, 1.82) is 0 Å². The highest BCUT2D eigenvalue weighted by Crippen LogP contribution is 2.24. The van der Waals surface area contributed by atoms with E-state index in [4.69, 9.17) is 18.0 Å². The van der Waals surface area contributed by atoms with Crippen molar-refractivity contribution in [1.82, 2.24) is 10.3 Å². The Morgan fingerprint density at radius 1 is 1.62 bits per heavy atom. The topological polar surface area (TPSA) is 24.9 Å². The number of pyridine rings is 1. The minimum atomic E-state index is 0.201. The second kappa shape index (κ2) is 7.27. The average Bonchev–Trinajstić information content (AvgIpc) is 2.29. The third kappa shape index (κ3) is 3.84. The van der Waals surface area contributed by atoms with Crippen LogP contribution in [-0.4, -0.2) is 11.5 Å². The average molecular weight is 237 g/mol. The van der Waals surface area contributed by atoms with Crippen LogP contribution in [-0.2, 0) is 0 Å². The highest BCUT2D eigenvalue weighted by molar-refractivity contribution is 6.31. The number of halogens is 1. The van der Waals surface area contributed by atoms with Gasteiger partial charge in [0.15, 0.2) is 0 Å². The minimum Gasteiger partial charge on any atom is -0.309 e. The molecular weight excluding hydrogens is 220 g/mol. The summed E-state index contributed by atoms with van der Waals surface area (Å²) < 4.78 is 0. The first-order chi connectivity index (χ1) is 7.79. The molecule has 0 fully saturated rings. The molecule has 16 heavy (non-hydrogen) atoms. The number of terminal acetylenes is 1. The molecule has 0 amide bonds. The van der Waals surface area contributed by atoms with Crippen LogP contribution in [0.5, 0.6) is 0 Å². The summed E-state index contributed by atoms with van der Waals surface area (Å²) >= 11 is 6.12. The number of nitrogens with zero attached hydrogens (tertiary/aromatic N) is 1. The van der Waals surface area contributed by atoms with Gasteiger partial charge in [0, 0.05) is 12.6 Å². The number of hydrogen-bond donors (Lipinski definition) is 1. The Morgan fingerprint density at radius 3 is 3.06 bits per heavy atom. The lowest BCUT2D eigenvalue weighted by molar-refractivity contribution is 0.491. The minimum absolute atomic E-state index is 0.201. The molecule has 0 bridgehead atoms. The molecule has 1 atom stereocenters. The lowest BCUT2D eigenvalue weighted by Gasteiger charge is -2.17. The van der Waals surface area contributed by atoms with E-state index in [-0.39, 0.29) is 6.04 Å². The molecule has 1 unspecified atom stereocenters. The van der Waals surface area contributed by atoms with Gasteiger partial charge in [0.2, 0.25) is 0 Å². The van der Waals surface area contributed by atoms with Gasteiger partial charge in [0.05, 0.1) is 16.8 Å². The summed E-state index contributed by atoms with van der Waals surface area (Å²) in [4.78, 5) is 4.33. The zero-order chi connectivity index (χ0) is 11.8. The van der Waals surface area contributed by atoms with E-state index in [0.717, 1.165) is 31.5 Å². The lowest BCUT2D eigenvalue weighted by atomic mass is 10.1. The predicted octanol–water partition coefficient (Wildman–Crippen LogP) is 3.19. The second-order valence-electron chi connectivity index (χ2n) is 3.58. The molecule has 86 valence electrons. The number of nitrogens with one attached hydrogen (secondary N) is 1. The monoisotopic (exact) mass is 236 g/mol. The number of unbranched alkanes of at least 4 members (excludes halogenated alkanes) is 1. The first-order valence-corrected chi connectivity index (χ1v) is 5.94. The predicted molar refractivity (Wildman–Crippen MR) is 68.3 cm³/mol. The van der Waals surface area contributed by atoms with E-state index in [1.807, 2.05) is 12.1 Å². The number of aromatic nitrogens is 1. The van der Waals surface area contributed by atoms with Crippen molar-refractivity contribution in [2.45, 2.75) is 32.2 Å². The fourth-order valence-corrected chi connectivity index (χ4v) is 1.90. The SMILES string of the molecule is C#CCCCC(NCC)c1ncccc1Cl. The Labute approximate surface area is 102 Å². The van der Waals surface area contributed by atoms with Crippen LogP contribution in [0.2, 0.25) is 5.02 Å². The van der Waals surface area contributed by atoms with Crippen LogP contribution in [0.1, 0.15) is 37.9 Å². The van der Waals surface area contributed by atoms with Gasteiger partial charge in [-0.25, -0.2) is 0 Å². The van der Waals surface area contributed by atoms with Crippen LogP contribution in [0.25, 0.3) is 0 Å². The fraction of sp³-hybridized carbons (Fsp3) is 0.462. The van der Waals surface area contributed by atoms with Gasteiger partial charge in [-0.05, 0) is 31.5 Å². The smallest absolute Gasteiger partial charge is 0.0758 e. The van der Waals surface area contributed by atoms with Crippen molar-refractivity contribution in [2.24, 2.45) is 0 Å². The Balaban J connectivity index is 2.69. The van der Waals surface area contributed by atoms with Gasteiger partial charge in [-0.3, -0.25) is 4.98 Å². The molecule has 0 aliphatic heterocycles. The van der Waals surface area contributed by atoms with Gasteiger partial charge in [-0.1, -0.05) is 18.5 Å². The van der Waals surface area contributed by atoms with Crippen LogP contribution in [0.15, 0.2) is 18.3 Å². The summed E-state index contributed by atoms with van der Waals surface area (Å²) in [6.07, 6.45) is 9.77. The summed E-state index contributed by atoms with van der Waals surface area (Å²) in [6.45, 7) is 2.97. The number of hydrogen-bond acceptors (Lipinski definition) is 2. The molecule has 0 saturated heterocycles. The molecule has 1 aromatic rings. The molecule has 1 rings (SSSR count). The quantitative estimate of drug-likeness (QED) is 0.606. The van der Waals surface area contributed by atoms with E-state index in [0.29, 0.717) is 5.02 Å². The van der Waals surface area contributed by atoms with Crippen LogP contribution >= 0.6 is 11.6 Å². The maximum absolute atomic E-state index is 6.12. The number of rotatable bonds is 6. The lowest BCUT2D eigenvalue weighted by Crippen LogP contribution is -2.22. The van der Waals surface area contributed by atoms with Crippen molar-refractivity contribution in [3.8, 4) is 12.3 Å². The van der Waals surface area contributed by atoms with Gasteiger partial charge < -0.3 is 5.32 Å². The Morgan fingerprint density at radius 2 is 2.44 bits per heavy atom. The third-order valence-electron chi connectivity index (χ3n) is 2.38. The first-order valence-electron chi connectivity index (χ1n) is 5.56. The largest absolute Gasteiger partial charge is 0.309 e. The van der Waals surface area contributed by atoms with Gasteiger partial charge in [0.1, 0.15) is 0 Å². The molecule has 0 spiro atoms. The van der Waals surface area contributed by atoms with Gasteiger partial charge in [-0.2, -0.15) is 0 Å². The molecule has 0 aliphatic rings. The Kier molecular flexibility index (Phi) is 5.92. The highest BCUT2D eigenvalue weighted by atomic mass is 35.5. The van der Waals surface area contributed by atoms with Crippen molar-refractivity contribution < 1.29 is 0 Å². The molecule has 3 heteroatoms. The fourth-order valence-electron chi connectivity index (χ4n) is 1.64. The van der Waals surface area contributed by atoms with Crippen molar-refractivity contribution in [2.75, 3.05) is 6.54 Å². The van der Waals surface area contributed by atoms with E-state index >= 15 is 0 Å². The van der Waals surface area contributed by atoms with Crippen LogP contribution in [0, 0.1) is 12.3 Å². The Hall–Kier alpha value is -1.04. The first kappa shape index (κ1) is 13.0. The normalized spacial score (nSPS) is 12.1. The standard InChI is InChI=1S/C13H17ClN2/c1-3-5-6-9-12(15-4-2)13-11(14)8-7-10-16-13/h1,7-8,10,12,15H,4-6,9H2,2H3. The van der Waals surface area contributed by atoms with Crippen LogP contribution in [0.4, 0.5) is 0 Å². The van der Waals surface area contributed by atoms with Crippen molar-refractivity contribution in [3.05, 3.63) is 29.0 Å². The van der Waals surface area contributed by atoms with Crippen molar-refractivity contribution >= 4 is 11.6 Å². The van der Waals surface area contributed by atoms with Gasteiger partial charge >= 0.3 is 0 Å². The molecule has 1 N–H and O–H groups in total. The van der Waals surface area contributed by atoms with E-state index in [2.05, 4.69) is 23.1 Å². The zero-order valence-electron chi connectivity index (χ0n) is 9.54. The van der Waals surface area contributed by atoms with Crippen LogP contribution < -0.4 is 5.32 Å². The molecule has 2 nitrogen and oxygen atoms in total. The van der Waals surface area contributed by atoms with E-state index in [1.165, 1.54) is 0 Å². The summed E-state index contributed by atoms with van der Waals surface area (Å²) in [7, 11) is 0. The van der Waals surface area contributed by atoms with E-state index < -0.39 is 0 Å². The van der Waals surface area contributed by atoms with E-state index in [9.17, 15) is 0 Å². The molecule has 0 saturated carbocycles. The molecule has 1 aromatic heterocycles. The molecular formula is C13H17ClN2. The maximum atomic E-state index is 6.12. The van der Waals surface area contributed by atoms with Crippen molar-refractivity contribution in [3.63, 3.8) is 0 Å². The summed E-state index contributed by atoms with van der Waals surface area (Å²) in [6, 6.07) is 3.91. The van der Waals surface area contributed by atoms with E-state index in [1.54, 1.807) is 6.20 Å². The molecule has 1 heterocycles. The van der Waals surface area contributed by atoms with Gasteiger partial charge in [0.25, 0.3) is 0 Å². The second-order valence-corrected chi connectivity index (χ2v) is 3.98. The maximum Gasteiger partial charge on any atom is 0.0758 e. The third-order valence-corrected chi connectivity index (χ3v) is 2.70. The van der Waals surface area contributed by atoms with Gasteiger partial charge in [-0.15, -0.1) is 12.3 Å². The summed E-state index contributed by atoms with van der Waals surface area (Å²) in [5.74, 6) is 2.65. The molecule has 0 aromatic carbocycles. The highest BCUT2D eigenvalue weighted by Gasteiger charge is 2.13. The van der Waals surface area contributed by atoms with Crippen LogP contribution in [0.3, 0.4) is 0 Å². The molecule has 0 radical (unpaired) electrons. The Bertz CT molecular complexity index is 357. The zero-order valence-corrected chi connectivity index (χ0v) is 10.3. The summed E-state index contributed by atoms with van der Waals surface area (Å²) in [5, 5.41) is 4.10. The molecule has 0 aliphatic carbocycles.